The van der Waals surface area contributed by atoms with Crippen LogP contribution >= 0.6 is 11.3 Å². The zero-order valence-corrected chi connectivity index (χ0v) is 15.5. The van der Waals surface area contributed by atoms with Gasteiger partial charge in [0.25, 0.3) is 0 Å². The van der Waals surface area contributed by atoms with E-state index in [1.165, 1.54) is 41.0 Å². The Morgan fingerprint density at radius 3 is 2.79 bits per heavy atom. The van der Waals surface area contributed by atoms with Crippen molar-refractivity contribution in [2.75, 3.05) is 18.4 Å². The molecule has 0 bridgehead atoms. The van der Waals surface area contributed by atoms with Crippen LogP contribution in [0.25, 0.3) is 11.3 Å². The van der Waals surface area contributed by atoms with Crippen molar-refractivity contribution in [1.82, 2.24) is 9.88 Å². The number of likely N-dealkylation sites (tertiary alicyclic amines) is 1. The molecular weight excluding hydrogens is 314 g/mol. The third-order valence-electron chi connectivity index (χ3n) is 5.61. The van der Waals surface area contributed by atoms with Crippen LogP contribution in [0.3, 0.4) is 0 Å². The highest BCUT2D eigenvalue weighted by molar-refractivity contribution is 7.16. The molecule has 0 saturated carbocycles. The van der Waals surface area contributed by atoms with Crippen molar-refractivity contribution >= 4 is 16.5 Å². The van der Waals surface area contributed by atoms with E-state index in [1.54, 1.807) is 0 Å². The fraction of sp³-hybridized carbons (Fsp3) is 0.550. The number of thiazole rings is 1. The number of nitrogens with zero attached hydrogens (tertiary/aromatic N) is 2. The van der Waals surface area contributed by atoms with Crippen LogP contribution in [-0.4, -0.2) is 35.1 Å². The predicted molar refractivity (Wildman–Crippen MR) is 103 cm³/mol. The Kier molecular flexibility index (Phi) is 4.59. The summed E-state index contributed by atoms with van der Waals surface area (Å²) in [6.07, 6.45) is 6.34. The average Bonchev–Trinajstić information content (AvgIpc) is 3.01. The maximum atomic E-state index is 4.90. The molecule has 1 fully saturated rings. The van der Waals surface area contributed by atoms with E-state index in [4.69, 9.17) is 4.98 Å². The van der Waals surface area contributed by atoms with Crippen LogP contribution in [-0.2, 0) is 12.8 Å². The van der Waals surface area contributed by atoms with Gasteiger partial charge in [-0.1, -0.05) is 30.7 Å². The molecule has 0 amide bonds. The predicted octanol–water partition coefficient (Wildman–Crippen LogP) is 4.58. The van der Waals surface area contributed by atoms with Crippen molar-refractivity contribution in [3.63, 3.8) is 0 Å². The summed E-state index contributed by atoms with van der Waals surface area (Å²) >= 11 is 1.85. The molecule has 2 atom stereocenters. The lowest BCUT2D eigenvalue weighted by Gasteiger charge is -2.39. The topological polar surface area (TPSA) is 28.2 Å². The van der Waals surface area contributed by atoms with Gasteiger partial charge in [0.1, 0.15) is 0 Å². The first-order chi connectivity index (χ1) is 11.7. The number of piperidine rings is 1. The van der Waals surface area contributed by atoms with E-state index < -0.39 is 0 Å². The highest BCUT2D eigenvalue weighted by Gasteiger charge is 2.24. The lowest BCUT2D eigenvalue weighted by Crippen LogP contribution is -2.45. The summed E-state index contributed by atoms with van der Waals surface area (Å²) in [7, 11) is 0. The Hall–Kier alpha value is -1.39. The standard InChI is InChI=1S/C20H27N3S/c1-14-6-5-7-15(2)23(14)13-12-21-20-22-19-17-9-4-3-8-16(17)10-11-18(19)24-20/h3-4,8-9,14-15H,5-7,10-13H2,1-2H3,(H,21,22). The van der Waals surface area contributed by atoms with Gasteiger partial charge in [0.05, 0.1) is 5.69 Å². The smallest absolute Gasteiger partial charge is 0.183 e. The normalized spacial score (nSPS) is 23.6. The van der Waals surface area contributed by atoms with Crippen LogP contribution in [0.2, 0.25) is 0 Å². The number of aromatic nitrogens is 1. The third-order valence-corrected chi connectivity index (χ3v) is 6.69. The summed E-state index contributed by atoms with van der Waals surface area (Å²) in [4.78, 5) is 8.99. The molecule has 0 radical (unpaired) electrons. The van der Waals surface area contributed by atoms with Gasteiger partial charge in [-0.05, 0) is 45.1 Å². The second kappa shape index (κ2) is 6.85. The molecule has 4 rings (SSSR count). The van der Waals surface area contributed by atoms with Crippen molar-refractivity contribution in [3.05, 3.63) is 34.7 Å². The SMILES string of the molecule is CC1CCCC(C)N1CCNc1nc2c(s1)CCc1ccccc1-2. The number of aryl methyl sites for hydroxylation is 2. The lowest BCUT2D eigenvalue weighted by molar-refractivity contribution is 0.109. The van der Waals surface area contributed by atoms with Crippen molar-refractivity contribution in [1.29, 1.82) is 0 Å². The molecule has 1 aliphatic heterocycles. The molecule has 0 spiro atoms. The Morgan fingerprint density at radius 2 is 1.96 bits per heavy atom. The van der Waals surface area contributed by atoms with Crippen LogP contribution in [0.1, 0.15) is 43.6 Å². The summed E-state index contributed by atoms with van der Waals surface area (Å²) in [5, 5.41) is 4.68. The number of hydrogen-bond acceptors (Lipinski definition) is 4. The largest absolute Gasteiger partial charge is 0.360 e. The molecule has 1 aliphatic carbocycles. The Bertz CT molecular complexity index is 699. The second-order valence-electron chi connectivity index (χ2n) is 7.24. The van der Waals surface area contributed by atoms with Crippen LogP contribution in [0.4, 0.5) is 5.13 Å². The number of nitrogens with one attached hydrogen (secondary N) is 1. The van der Waals surface area contributed by atoms with E-state index in [9.17, 15) is 0 Å². The number of rotatable bonds is 4. The zero-order chi connectivity index (χ0) is 16.5. The first kappa shape index (κ1) is 16.1. The van der Waals surface area contributed by atoms with Crippen molar-refractivity contribution in [2.24, 2.45) is 0 Å². The molecule has 24 heavy (non-hydrogen) atoms. The molecule has 2 aliphatic rings. The number of benzene rings is 1. The monoisotopic (exact) mass is 341 g/mol. The number of anilines is 1. The van der Waals surface area contributed by atoms with E-state index >= 15 is 0 Å². The molecule has 2 aromatic rings. The van der Waals surface area contributed by atoms with Gasteiger partial charge in [-0.15, -0.1) is 11.3 Å². The molecule has 4 heteroatoms. The first-order valence-corrected chi connectivity index (χ1v) is 10.1. The van der Waals surface area contributed by atoms with Crippen LogP contribution in [0.15, 0.2) is 24.3 Å². The van der Waals surface area contributed by atoms with Gasteiger partial charge in [-0.25, -0.2) is 4.98 Å². The summed E-state index contributed by atoms with van der Waals surface area (Å²) in [5.41, 5.74) is 3.99. The first-order valence-electron chi connectivity index (χ1n) is 9.30. The van der Waals surface area contributed by atoms with Gasteiger partial charge in [-0.2, -0.15) is 0 Å². The summed E-state index contributed by atoms with van der Waals surface area (Å²) in [6.45, 7) is 6.84. The molecule has 1 aromatic heterocycles. The second-order valence-corrected chi connectivity index (χ2v) is 8.33. The van der Waals surface area contributed by atoms with Gasteiger partial charge in [0, 0.05) is 35.6 Å². The maximum Gasteiger partial charge on any atom is 0.183 e. The van der Waals surface area contributed by atoms with Crippen molar-refractivity contribution in [2.45, 2.75) is 58.0 Å². The van der Waals surface area contributed by atoms with Crippen LogP contribution < -0.4 is 5.32 Å². The molecule has 1 saturated heterocycles. The fourth-order valence-electron chi connectivity index (χ4n) is 4.23. The van der Waals surface area contributed by atoms with Crippen LogP contribution in [0, 0.1) is 0 Å². The highest BCUT2D eigenvalue weighted by Crippen LogP contribution is 2.37. The molecule has 128 valence electrons. The summed E-state index contributed by atoms with van der Waals surface area (Å²) in [5.74, 6) is 0. The van der Waals surface area contributed by atoms with E-state index in [2.05, 4.69) is 48.3 Å². The third kappa shape index (κ3) is 3.09. The zero-order valence-electron chi connectivity index (χ0n) is 14.7. The van der Waals surface area contributed by atoms with Crippen LogP contribution in [0.5, 0.6) is 0 Å². The summed E-state index contributed by atoms with van der Waals surface area (Å²) < 4.78 is 0. The van der Waals surface area contributed by atoms with E-state index in [0.29, 0.717) is 12.1 Å². The maximum absolute atomic E-state index is 4.90. The molecule has 1 N–H and O–H groups in total. The number of hydrogen-bond donors (Lipinski definition) is 1. The summed E-state index contributed by atoms with van der Waals surface area (Å²) in [6, 6.07) is 10.1. The minimum atomic E-state index is 0.715. The highest BCUT2D eigenvalue weighted by atomic mass is 32.1. The molecule has 3 nitrogen and oxygen atoms in total. The number of fused-ring (bicyclic) bond motifs is 3. The van der Waals surface area contributed by atoms with Gasteiger partial charge in [0.15, 0.2) is 5.13 Å². The van der Waals surface area contributed by atoms with E-state index in [0.717, 1.165) is 31.1 Å². The minimum Gasteiger partial charge on any atom is -0.360 e. The van der Waals surface area contributed by atoms with Gasteiger partial charge < -0.3 is 5.32 Å². The molecule has 1 aromatic carbocycles. The molecule has 2 unspecified atom stereocenters. The average molecular weight is 342 g/mol. The van der Waals surface area contributed by atoms with Gasteiger partial charge in [-0.3, -0.25) is 4.90 Å². The lowest BCUT2D eigenvalue weighted by atomic mass is 9.94. The fourth-order valence-corrected chi connectivity index (χ4v) is 5.23. The van der Waals surface area contributed by atoms with Crippen molar-refractivity contribution in [3.8, 4) is 11.3 Å². The van der Waals surface area contributed by atoms with E-state index in [1.807, 2.05) is 11.3 Å². The van der Waals surface area contributed by atoms with Gasteiger partial charge >= 0.3 is 0 Å². The quantitative estimate of drug-likeness (QED) is 0.882. The minimum absolute atomic E-state index is 0.715. The Morgan fingerprint density at radius 1 is 1.17 bits per heavy atom. The Labute approximate surface area is 149 Å². The Balaban J connectivity index is 1.41. The van der Waals surface area contributed by atoms with E-state index in [-0.39, 0.29) is 0 Å². The van der Waals surface area contributed by atoms with Gasteiger partial charge in [0.2, 0.25) is 0 Å². The molecule has 2 heterocycles. The van der Waals surface area contributed by atoms with Crippen molar-refractivity contribution < 1.29 is 0 Å². The molecular formula is C20H27N3S.